The normalized spacial score (nSPS) is 13.9. The smallest absolute Gasteiger partial charge is 0.338 e. The van der Waals surface area contributed by atoms with Crippen LogP contribution in [0, 0.1) is 0 Å². The molecule has 1 fully saturated rings. The van der Waals surface area contributed by atoms with Gasteiger partial charge in [0.25, 0.3) is 0 Å². The van der Waals surface area contributed by atoms with Gasteiger partial charge in [-0.1, -0.05) is 49.6 Å². The second-order valence-corrected chi connectivity index (χ2v) is 8.98. The minimum atomic E-state index is -0.377. The number of nitrogens with one attached hydrogen (secondary N) is 1. The lowest BCUT2D eigenvalue weighted by Crippen LogP contribution is -2.45. The summed E-state index contributed by atoms with van der Waals surface area (Å²) in [5.74, 6) is 0.391. The van der Waals surface area contributed by atoms with Crippen LogP contribution in [-0.4, -0.2) is 34.4 Å². The zero-order valence-electron chi connectivity index (χ0n) is 20.4. The molecule has 4 aromatic rings. The van der Waals surface area contributed by atoms with E-state index in [0.717, 1.165) is 48.1 Å². The molecule has 0 aliphatic heterocycles. The quantitative estimate of drug-likeness (QED) is 0.315. The number of urea groups is 1. The lowest BCUT2D eigenvalue weighted by molar-refractivity contribution is 0.0526. The summed E-state index contributed by atoms with van der Waals surface area (Å²) in [6, 6.07) is 24.5. The zero-order valence-corrected chi connectivity index (χ0v) is 20.4. The van der Waals surface area contributed by atoms with Crippen LogP contribution in [0.2, 0.25) is 0 Å². The number of esters is 1. The summed E-state index contributed by atoms with van der Waals surface area (Å²) in [6.07, 6.45) is 5.22. The monoisotopic (exact) mass is 482 g/mol. The van der Waals surface area contributed by atoms with Crippen molar-refractivity contribution in [1.82, 2.24) is 9.78 Å². The summed E-state index contributed by atoms with van der Waals surface area (Å²) in [6.45, 7) is 2.09. The van der Waals surface area contributed by atoms with E-state index in [2.05, 4.69) is 5.32 Å². The van der Waals surface area contributed by atoms with Gasteiger partial charge in [0, 0.05) is 17.1 Å². The third-order valence-electron chi connectivity index (χ3n) is 6.59. The van der Waals surface area contributed by atoms with Gasteiger partial charge in [-0.3, -0.25) is 4.90 Å². The van der Waals surface area contributed by atoms with E-state index in [1.54, 1.807) is 31.2 Å². The van der Waals surface area contributed by atoms with Crippen LogP contribution in [0.5, 0.6) is 0 Å². The molecule has 0 radical (unpaired) electrons. The summed E-state index contributed by atoms with van der Waals surface area (Å²) in [5.41, 5.74) is 2.80. The Hall–Kier alpha value is -4.13. The van der Waals surface area contributed by atoms with Crippen LogP contribution in [0.4, 0.5) is 16.3 Å². The summed E-state index contributed by atoms with van der Waals surface area (Å²) in [7, 11) is 0. The summed E-state index contributed by atoms with van der Waals surface area (Å²) in [4.78, 5) is 27.8. The molecule has 3 aromatic carbocycles. The molecule has 5 rings (SSSR count). The highest BCUT2D eigenvalue weighted by molar-refractivity contribution is 6.07. The molecule has 184 valence electrons. The average Bonchev–Trinajstić information content (AvgIpc) is 3.30. The first-order valence-electron chi connectivity index (χ1n) is 12.6. The zero-order chi connectivity index (χ0) is 24.9. The Kier molecular flexibility index (Phi) is 6.98. The van der Waals surface area contributed by atoms with Gasteiger partial charge in [-0.25, -0.2) is 14.3 Å². The molecule has 2 amide bonds. The number of para-hydroxylation sites is 1. The first kappa shape index (κ1) is 23.6. The first-order valence-corrected chi connectivity index (χ1v) is 12.6. The van der Waals surface area contributed by atoms with E-state index < -0.39 is 0 Å². The van der Waals surface area contributed by atoms with Crippen LogP contribution in [0.3, 0.4) is 0 Å². The average molecular weight is 483 g/mol. The molecule has 36 heavy (non-hydrogen) atoms. The van der Waals surface area contributed by atoms with Crippen molar-refractivity contribution in [1.29, 1.82) is 0 Å². The molecule has 1 saturated carbocycles. The van der Waals surface area contributed by atoms with Gasteiger partial charge in [0.05, 0.1) is 23.4 Å². The molecular weight excluding hydrogens is 452 g/mol. The Bertz CT molecular complexity index is 1340. The minimum absolute atomic E-state index is 0.0557. The topological polar surface area (TPSA) is 76.5 Å². The van der Waals surface area contributed by atoms with Crippen LogP contribution in [0.1, 0.15) is 49.4 Å². The molecule has 1 aliphatic rings. The summed E-state index contributed by atoms with van der Waals surface area (Å²) >= 11 is 0. The Morgan fingerprint density at radius 1 is 0.944 bits per heavy atom. The first-order chi connectivity index (χ1) is 17.7. The second-order valence-electron chi connectivity index (χ2n) is 8.98. The Morgan fingerprint density at radius 3 is 2.36 bits per heavy atom. The van der Waals surface area contributed by atoms with Gasteiger partial charge < -0.3 is 10.1 Å². The summed E-state index contributed by atoms with van der Waals surface area (Å²) in [5, 5.41) is 8.87. The number of amides is 2. The van der Waals surface area contributed by atoms with E-state index in [1.807, 2.05) is 64.2 Å². The maximum atomic E-state index is 13.9. The van der Waals surface area contributed by atoms with Crippen molar-refractivity contribution in [3.63, 3.8) is 0 Å². The predicted octanol–water partition coefficient (Wildman–Crippen LogP) is 6.57. The molecule has 0 saturated heterocycles. The lowest BCUT2D eigenvalue weighted by atomic mass is 9.94. The van der Waals surface area contributed by atoms with E-state index >= 15 is 0 Å². The van der Waals surface area contributed by atoms with Crippen LogP contribution < -0.4 is 10.2 Å². The Morgan fingerprint density at radius 2 is 1.64 bits per heavy atom. The number of hydrogen-bond donors (Lipinski definition) is 1. The fourth-order valence-electron chi connectivity index (χ4n) is 4.86. The van der Waals surface area contributed by atoms with Gasteiger partial charge in [-0.2, -0.15) is 5.10 Å². The van der Waals surface area contributed by atoms with E-state index in [1.165, 1.54) is 6.42 Å². The number of carbonyl (C=O) groups excluding carboxylic acids is 2. The molecular formula is C29H30N4O3. The molecule has 1 heterocycles. The molecule has 1 N–H and O–H groups in total. The standard InChI is InChI=1S/C29H30N4O3/c1-2-36-28(34)21-17-19-22(20-18-21)30-29(35)32(23-11-5-3-6-12-23)27-25-15-9-10-16-26(25)31-33(27)24-13-7-4-8-14-24/h4,7-10,13-20,23H,2-3,5-6,11-12H2,1H3,(H,30,35). The van der Waals surface area contributed by atoms with Crippen molar-refractivity contribution in [2.24, 2.45) is 0 Å². The number of fused-ring (bicyclic) bond motifs is 1. The van der Waals surface area contributed by atoms with Gasteiger partial charge in [-0.05, 0) is 68.3 Å². The van der Waals surface area contributed by atoms with Crippen LogP contribution in [0.25, 0.3) is 16.6 Å². The largest absolute Gasteiger partial charge is 0.462 e. The van der Waals surface area contributed by atoms with Crippen molar-refractivity contribution in [2.45, 2.75) is 45.1 Å². The van der Waals surface area contributed by atoms with Crippen molar-refractivity contribution in [3.05, 3.63) is 84.4 Å². The SMILES string of the molecule is CCOC(=O)c1ccc(NC(=O)N(c2c3ccccc3nn2-c2ccccc2)C2CCCCC2)cc1. The molecule has 7 nitrogen and oxygen atoms in total. The number of benzene rings is 3. The van der Waals surface area contributed by atoms with Gasteiger partial charge in [-0.15, -0.1) is 0 Å². The predicted molar refractivity (Wildman–Crippen MR) is 142 cm³/mol. The van der Waals surface area contributed by atoms with Crippen molar-refractivity contribution < 1.29 is 14.3 Å². The number of anilines is 2. The fourth-order valence-corrected chi connectivity index (χ4v) is 4.86. The highest BCUT2D eigenvalue weighted by atomic mass is 16.5. The van der Waals surface area contributed by atoms with Crippen LogP contribution >= 0.6 is 0 Å². The Balaban J connectivity index is 1.54. The van der Waals surface area contributed by atoms with Gasteiger partial charge in [0.1, 0.15) is 5.82 Å². The van der Waals surface area contributed by atoms with E-state index in [4.69, 9.17) is 9.84 Å². The molecule has 0 bridgehead atoms. The molecule has 0 atom stereocenters. The molecule has 1 aromatic heterocycles. The Labute approximate surface area is 210 Å². The number of rotatable bonds is 6. The highest BCUT2D eigenvalue weighted by Gasteiger charge is 2.32. The third kappa shape index (κ3) is 4.82. The highest BCUT2D eigenvalue weighted by Crippen LogP contribution is 2.35. The number of ether oxygens (including phenoxy) is 1. The molecule has 0 unspecified atom stereocenters. The van der Waals surface area contributed by atoms with Crippen LogP contribution in [-0.2, 0) is 4.74 Å². The van der Waals surface area contributed by atoms with Gasteiger partial charge >= 0.3 is 12.0 Å². The number of carbonyl (C=O) groups is 2. The molecule has 1 aliphatic carbocycles. The number of hydrogen-bond acceptors (Lipinski definition) is 4. The van der Waals surface area contributed by atoms with E-state index in [-0.39, 0.29) is 18.0 Å². The van der Waals surface area contributed by atoms with E-state index in [9.17, 15) is 9.59 Å². The van der Waals surface area contributed by atoms with Crippen LogP contribution in [0.15, 0.2) is 78.9 Å². The van der Waals surface area contributed by atoms with Gasteiger partial charge in [0.2, 0.25) is 0 Å². The maximum Gasteiger partial charge on any atom is 0.338 e. The molecule has 0 spiro atoms. The minimum Gasteiger partial charge on any atom is -0.462 e. The van der Waals surface area contributed by atoms with E-state index in [0.29, 0.717) is 17.9 Å². The maximum absolute atomic E-state index is 13.9. The summed E-state index contributed by atoms with van der Waals surface area (Å²) < 4.78 is 6.94. The number of aromatic nitrogens is 2. The van der Waals surface area contributed by atoms with Crippen molar-refractivity contribution in [2.75, 3.05) is 16.8 Å². The van der Waals surface area contributed by atoms with Crippen molar-refractivity contribution >= 4 is 34.4 Å². The fraction of sp³-hybridized carbons (Fsp3) is 0.276. The third-order valence-corrected chi connectivity index (χ3v) is 6.59. The molecule has 7 heteroatoms. The van der Waals surface area contributed by atoms with Gasteiger partial charge in [0.15, 0.2) is 0 Å². The second kappa shape index (κ2) is 10.6. The van der Waals surface area contributed by atoms with Crippen molar-refractivity contribution in [3.8, 4) is 5.69 Å². The lowest BCUT2D eigenvalue weighted by Gasteiger charge is -2.34. The number of nitrogens with zero attached hydrogens (tertiary/aromatic N) is 3.